The van der Waals surface area contributed by atoms with Gasteiger partial charge >= 0.3 is 8.38 Å². The Morgan fingerprint density at radius 1 is 1.06 bits per heavy atom. The summed E-state index contributed by atoms with van der Waals surface area (Å²) >= 11 is 0. The molecule has 0 aliphatic carbocycles. The van der Waals surface area contributed by atoms with E-state index in [1.54, 1.807) is 5.48 Å². The lowest BCUT2D eigenvalue weighted by atomic mass is 10.1. The van der Waals surface area contributed by atoms with Crippen molar-refractivity contribution in [1.29, 1.82) is 0 Å². The molecule has 2 N–H and O–H groups in total. The fraction of sp³-hybridized carbons (Fsp3) is 0.571. The van der Waals surface area contributed by atoms with Crippen molar-refractivity contribution in [2.45, 2.75) is 45.4 Å². The Morgan fingerprint density at radius 2 is 1.72 bits per heavy atom. The normalized spacial score (nSPS) is 12.6. The van der Waals surface area contributed by atoms with E-state index < -0.39 is 8.38 Å². The molecule has 1 unspecified atom stereocenters. The minimum Gasteiger partial charge on any atom is -0.129 e. The quantitative estimate of drug-likeness (QED) is 0.300. The fourth-order valence-corrected chi connectivity index (χ4v) is 2.70. The van der Waals surface area contributed by atoms with Gasteiger partial charge in [-0.25, -0.2) is 0 Å². The Balaban J connectivity index is 1.99. The average molecular weight is 270 g/mol. The lowest BCUT2D eigenvalue weighted by Gasteiger charge is -2.00. The maximum atomic E-state index is 11.6. The fourth-order valence-electron chi connectivity index (χ4n) is 1.77. The Labute approximate surface area is 111 Å². The molecule has 0 fully saturated rings. The van der Waals surface area contributed by atoms with E-state index in [0.29, 0.717) is 6.16 Å². The van der Waals surface area contributed by atoms with Gasteiger partial charge in [-0.05, 0) is 22.4 Å². The molecule has 4 heteroatoms. The molecule has 0 saturated heterocycles. The Morgan fingerprint density at radius 3 is 2.44 bits per heavy atom. The monoisotopic (exact) mass is 270 g/mol. The molecule has 0 aromatic heterocycles. The van der Waals surface area contributed by atoms with Gasteiger partial charge in [-0.1, -0.05) is 50.8 Å². The molecular formula is C14H25NO2P+2. The number of unbranched alkanes of at least 4 members (excludes halogenated alkanes) is 5. The summed E-state index contributed by atoms with van der Waals surface area (Å²) in [5.41, 5.74) is 2.58. The molecule has 101 valence electrons. The van der Waals surface area contributed by atoms with Crippen LogP contribution in [0.15, 0.2) is 30.3 Å². The highest BCUT2D eigenvalue weighted by atomic mass is 31.2. The number of benzene rings is 1. The summed E-state index contributed by atoms with van der Waals surface area (Å²) in [7, 11) is -1.89. The maximum absolute atomic E-state index is 11.6. The van der Waals surface area contributed by atoms with Crippen LogP contribution < -0.4 is 5.48 Å². The van der Waals surface area contributed by atoms with E-state index in [1.165, 1.54) is 32.1 Å². The van der Waals surface area contributed by atoms with Crippen molar-refractivity contribution < 1.29 is 15.0 Å². The molecule has 0 aliphatic heterocycles. The van der Waals surface area contributed by atoms with E-state index in [0.717, 1.165) is 12.1 Å². The van der Waals surface area contributed by atoms with Crippen LogP contribution in [0.4, 0.5) is 5.69 Å². The highest BCUT2D eigenvalue weighted by Gasteiger charge is 2.19. The molecule has 0 bridgehead atoms. The Bertz CT molecular complexity index is 295. The minimum absolute atomic E-state index is 0.708. The predicted octanol–water partition coefficient (Wildman–Crippen LogP) is 3.65. The van der Waals surface area contributed by atoms with E-state index in [4.69, 9.17) is 4.62 Å². The van der Waals surface area contributed by atoms with Gasteiger partial charge in [0, 0.05) is 12.1 Å². The molecule has 0 spiro atoms. The van der Waals surface area contributed by atoms with Gasteiger partial charge in [0.05, 0.1) is 0 Å². The Hall–Kier alpha value is -0.470. The zero-order valence-corrected chi connectivity index (χ0v) is 12.2. The van der Waals surface area contributed by atoms with Crippen LogP contribution in [-0.4, -0.2) is 6.16 Å². The van der Waals surface area contributed by atoms with E-state index in [1.807, 2.05) is 30.3 Å². The standard InChI is InChI=1S/C14H24NO2P/c1-2-3-4-5-6-10-13-18(16)17-15-14-11-8-7-9-12-14/h7-9,11-12,15,18H,2-6,10,13H2,1H3/q+1/p+1. The van der Waals surface area contributed by atoms with Gasteiger partial charge in [0.2, 0.25) is 0 Å². The first-order chi connectivity index (χ1) is 8.83. The number of quaternary nitrogens is 1. The molecule has 1 aromatic rings. The number of hydrogen-bond donors (Lipinski definition) is 1. The first-order valence-electron chi connectivity index (χ1n) is 6.90. The third-order valence-electron chi connectivity index (χ3n) is 2.86. The van der Waals surface area contributed by atoms with Crippen LogP contribution in [0.5, 0.6) is 0 Å². The number of rotatable bonds is 10. The van der Waals surface area contributed by atoms with Gasteiger partial charge in [-0.2, -0.15) is 0 Å². The lowest BCUT2D eigenvalue weighted by molar-refractivity contribution is -0.797. The smallest absolute Gasteiger partial charge is 0.129 e. The zero-order valence-electron chi connectivity index (χ0n) is 11.2. The van der Waals surface area contributed by atoms with E-state index >= 15 is 0 Å². The summed E-state index contributed by atoms with van der Waals surface area (Å²) in [6, 6.07) is 9.73. The molecular weight excluding hydrogens is 245 g/mol. The number of nitrogens with two attached hydrogens (primary N) is 1. The second kappa shape index (κ2) is 10.5. The van der Waals surface area contributed by atoms with Gasteiger partial charge in [0.1, 0.15) is 6.16 Å². The summed E-state index contributed by atoms with van der Waals surface area (Å²) < 4.78 is 5.28. The lowest BCUT2D eigenvalue weighted by Crippen LogP contribution is -2.75. The molecule has 1 aromatic carbocycles. The largest absolute Gasteiger partial charge is 0.375 e. The maximum Gasteiger partial charge on any atom is 0.375 e. The molecule has 0 heterocycles. The third-order valence-corrected chi connectivity index (χ3v) is 4.00. The predicted molar refractivity (Wildman–Crippen MR) is 76.4 cm³/mol. The molecule has 1 atom stereocenters. The van der Waals surface area contributed by atoms with Crippen LogP contribution in [0.3, 0.4) is 0 Å². The van der Waals surface area contributed by atoms with Crippen LogP contribution >= 0.6 is 8.38 Å². The van der Waals surface area contributed by atoms with Gasteiger partial charge in [-0.15, -0.1) is 5.48 Å². The molecule has 1 radical (unpaired) electrons. The van der Waals surface area contributed by atoms with Gasteiger partial charge in [0.25, 0.3) is 0 Å². The molecule has 0 amide bonds. The third kappa shape index (κ3) is 7.78. The SMILES string of the molecule is CCCCCCCC[PH+]([O])O[NH2+]c1ccccc1. The van der Waals surface area contributed by atoms with Crippen LogP contribution in [0.25, 0.3) is 0 Å². The average Bonchev–Trinajstić information content (AvgIpc) is 2.41. The minimum atomic E-state index is -1.89. The highest BCUT2D eigenvalue weighted by Crippen LogP contribution is 2.31. The first kappa shape index (κ1) is 15.6. The summed E-state index contributed by atoms with van der Waals surface area (Å²) in [5.74, 6) is 0. The first-order valence-corrected chi connectivity index (χ1v) is 8.43. The second-order valence-electron chi connectivity index (χ2n) is 4.54. The summed E-state index contributed by atoms with van der Waals surface area (Å²) in [6.45, 7) is 2.21. The summed E-state index contributed by atoms with van der Waals surface area (Å²) in [5, 5.41) is 0. The van der Waals surface area contributed by atoms with Gasteiger partial charge in [0.15, 0.2) is 5.69 Å². The highest BCUT2D eigenvalue weighted by molar-refractivity contribution is 7.45. The molecule has 18 heavy (non-hydrogen) atoms. The van der Waals surface area contributed by atoms with Crippen LogP contribution in [0.1, 0.15) is 45.4 Å². The summed E-state index contributed by atoms with van der Waals surface area (Å²) in [6.07, 6.45) is 8.04. The van der Waals surface area contributed by atoms with Crippen LogP contribution in [-0.2, 0) is 9.52 Å². The van der Waals surface area contributed by atoms with Crippen LogP contribution in [0.2, 0.25) is 0 Å². The van der Waals surface area contributed by atoms with E-state index in [-0.39, 0.29) is 0 Å². The van der Waals surface area contributed by atoms with Gasteiger partial charge < -0.3 is 0 Å². The van der Waals surface area contributed by atoms with Crippen molar-refractivity contribution in [2.24, 2.45) is 0 Å². The van der Waals surface area contributed by atoms with Crippen molar-refractivity contribution >= 4 is 14.1 Å². The van der Waals surface area contributed by atoms with Crippen molar-refractivity contribution in [3.63, 3.8) is 0 Å². The van der Waals surface area contributed by atoms with E-state index in [2.05, 4.69) is 6.92 Å². The van der Waals surface area contributed by atoms with Crippen molar-refractivity contribution in [3.05, 3.63) is 30.3 Å². The Kier molecular flexibility index (Phi) is 9.05. The van der Waals surface area contributed by atoms with Crippen molar-refractivity contribution in [3.8, 4) is 0 Å². The topological polar surface area (TPSA) is 45.7 Å². The zero-order chi connectivity index (χ0) is 13.1. The summed E-state index contributed by atoms with van der Waals surface area (Å²) in [4.78, 5) is 11.6. The van der Waals surface area contributed by atoms with Crippen LogP contribution in [0, 0.1) is 0 Å². The molecule has 3 nitrogen and oxygen atoms in total. The molecule has 1 rings (SSSR count). The van der Waals surface area contributed by atoms with Crippen molar-refractivity contribution in [2.75, 3.05) is 6.16 Å². The molecule has 0 aliphatic rings. The van der Waals surface area contributed by atoms with Crippen molar-refractivity contribution in [1.82, 2.24) is 0 Å². The van der Waals surface area contributed by atoms with E-state index in [9.17, 15) is 4.89 Å². The molecule has 0 saturated carbocycles. The van der Waals surface area contributed by atoms with Gasteiger partial charge in [-0.3, -0.25) is 0 Å². The second-order valence-corrected chi connectivity index (χ2v) is 6.02. The number of hydrogen-bond acceptors (Lipinski definition) is 1.